The summed E-state index contributed by atoms with van der Waals surface area (Å²) in [6.45, 7) is 2.05. The van der Waals surface area contributed by atoms with Crippen LogP contribution < -0.4 is 10.1 Å². The number of aryl methyl sites for hydroxylation is 1. The van der Waals surface area contributed by atoms with E-state index in [4.69, 9.17) is 14.1 Å². The van der Waals surface area contributed by atoms with E-state index >= 15 is 0 Å². The number of esters is 1. The topological polar surface area (TPSA) is 51.8 Å². The zero-order valence-electron chi connectivity index (χ0n) is 18.1. The normalized spacial score (nSPS) is 11.5. The second kappa shape index (κ2) is 8.97. The number of rotatable bonds is 4. The molecule has 4 nitrogen and oxygen atoms in total. The molecule has 0 N–H and O–H groups in total. The highest BCUT2D eigenvalue weighted by molar-refractivity contribution is 5.91. The molecule has 0 spiro atoms. The van der Waals surface area contributed by atoms with Gasteiger partial charge >= 0.3 is 5.97 Å². The van der Waals surface area contributed by atoms with Gasteiger partial charge in [0, 0.05) is 17.0 Å². The number of carbonyl (C=O) groups is 1. The highest BCUT2D eigenvalue weighted by Gasteiger charge is 2.09. The van der Waals surface area contributed by atoms with E-state index in [2.05, 4.69) is 6.07 Å². The zero-order valence-corrected chi connectivity index (χ0v) is 18.1. The van der Waals surface area contributed by atoms with Crippen molar-refractivity contribution in [3.8, 4) is 17.1 Å². The first kappa shape index (κ1) is 20.5. The van der Waals surface area contributed by atoms with Crippen LogP contribution in [0.1, 0.15) is 15.9 Å². The quantitative estimate of drug-likeness (QED) is 0.231. The van der Waals surface area contributed by atoms with Gasteiger partial charge in [0.15, 0.2) is 0 Å². The summed E-state index contributed by atoms with van der Waals surface area (Å²) in [5.41, 5.74) is 4.15. The number of benzene rings is 4. The Bertz CT molecular complexity index is 1490. The van der Waals surface area contributed by atoms with Gasteiger partial charge in [0.05, 0.1) is 16.6 Å². The van der Waals surface area contributed by atoms with Gasteiger partial charge < -0.3 is 9.15 Å². The fourth-order valence-corrected chi connectivity index (χ4v) is 3.59. The van der Waals surface area contributed by atoms with Crippen LogP contribution >= 0.6 is 0 Å². The van der Waals surface area contributed by atoms with Crippen molar-refractivity contribution in [2.45, 2.75) is 6.92 Å². The largest absolute Gasteiger partial charge is 0.456 e. The van der Waals surface area contributed by atoms with Crippen molar-refractivity contribution in [2.24, 2.45) is 4.99 Å². The first-order valence-corrected chi connectivity index (χ1v) is 10.7. The van der Waals surface area contributed by atoms with E-state index in [0.717, 1.165) is 38.9 Å². The first-order chi connectivity index (χ1) is 16.2. The van der Waals surface area contributed by atoms with Crippen molar-refractivity contribution < 1.29 is 13.9 Å². The standard InChI is InChI=1S/C29H21NO3/c1-20-12-17-27-25(18-20)26(19-28(33-27)21-8-4-2-5-9-21)30-23-13-15-24(16-14-23)32-29(31)22-10-6-3-7-11-22/h2-19H,1H3. The second-order valence-electron chi connectivity index (χ2n) is 7.72. The maximum absolute atomic E-state index is 12.3. The van der Waals surface area contributed by atoms with E-state index < -0.39 is 0 Å². The summed E-state index contributed by atoms with van der Waals surface area (Å²) >= 11 is 0. The molecule has 0 aliphatic carbocycles. The van der Waals surface area contributed by atoms with Crippen LogP contribution in [0.4, 0.5) is 5.69 Å². The van der Waals surface area contributed by atoms with Crippen LogP contribution in [-0.4, -0.2) is 5.97 Å². The summed E-state index contributed by atoms with van der Waals surface area (Å²) in [5, 5.41) is 1.75. The van der Waals surface area contributed by atoms with Gasteiger partial charge in [-0.1, -0.05) is 60.2 Å². The SMILES string of the molecule is Cc1ccc2oc(-c3ccccc3)cc(=Nc3ccc(OC(=O)c4ccccc4)cc3)c2c1. The molecule has 1 aromatic heterocycles. The van der Waals surface area contributed by atoms with E-state index in [1.807, 2.05) is 73.7 Å². The smallest absolute Gasteiger partial charge is 0.343 e. The fraction of sp³-hybridized carbons (Fsp3) is 0.0345. The van der Waals surface area contributed by atoms with E-state index in [9.17, 15) is 4.79 Å². The molecular weight excluding hydrogens is 410 g/mol. The molecule has 33 heavy (non-hydrogen) atoms. The minimum absolute atomic E-state index is 0.390. The molecule has 0 saturated heterocycles. The lowest BCUT2D eigenvalue weighted by atomic mass is 10.1. The Labute approximate surface area is 191 Å². The van der Waals surface area contributed by atoms with Crippen LogP contribution in [-0.2, 0) is 0 Å². The van der Waals surface area contributed by atoms with Crippen LogP contribution in [0, 0.1) is 6.92 Å². The van der Waals surface area contributed by atoms with Gasteiger partial charge in [-0.15, -0.1) is 0 Å². The molecule has 4 aromatic carbocycles. The molecule has 0 aliphatic heterocycles. The molecule has 4 heteroatoms. The van der Waals surface area contributed by atoms with Crippen LogP contribution in [0.5, 0.6) is 5.75 Å². The van der Waals surface area contributed by atoms with Gasteiger partial charge in [-0.2, -0.15) is 0 Å². The number of nitrogens with zero attached hydrogens (tertiary/aromatic N) is 1. The lowest BCUT2D eigenvalue weighted by Crippen LogP contribution is -2.07. The Morgan fingerprint density at radius 2 is 1.48 bits per heavy atom. The summed E-state index contributed by atoms with van der Waals surface area (Å²) in [4.78, 5) is 17.2. The second-order valence-corrected chi connectivity index (χ2v) is 7.72. The van der Waals surface area contributed by atoms with Crippen molar-refractivity contribution in [3.05, 3.63) is 126 Å². The van der Waals surface area contributed by atoms with Crippen molar-refractivity contribution in [3.63, 3.8) is 0 Å². The van der Waals surface area contributed by atoms with Gasteiger partial charge in [0.25, 0.3) is 0 Å². The van der Waals surface area contributed by atoms with E-state index in [0.29, 0.717) is 11.3 Å². The maximum Gasteiger partial charge on any atom is 0.343 e. The van der Waals surface area contributed by atoms with Gasteiger partial charge in [-0.05, 0) is 55.5 Å². The first-order valence-electron chi connectivity index (χ1n) is 10.7. The molecule has 0 bridgehead atoms. The molecule has 0 amide bonds. The highest BCUT2D eigenvalue weighted by Crippen LogP contribution is 2.24. The zero-order chi connectivity index (χ0) is 22.6. The van der Waals surface area contributed by atoms with Crippen molar-refractivity contribution in [1.29, 1.82) is 0 Å². The van der Waals surface area contributed by atoms with Crippen molar-refractivity contribution in [2.75, 3.05) is 0 Å². The highest BCUT2D eigenvalue weighted by atomic mass is 16.5. The Hall–Kier alpha value is -4.44. The summed E-state index contributed by atoms with van der Waals surface area (Å²) in [7, 11) is 0. The van der Waals surface area contributed by atoms with Gasteiger partial charge in [-0.25, -0.2) is 9.79 Å². The van der Waals surface area contributed by atoms with Gasteiger partial charge in [0.1, 0.15) is 17.1 Å². The minimum Gasteiger partial charge on any atom is -0.456 e. The van der Waals surface area contributed by atoms with E-state index in [1.165, 1.54) is 0 Å². The number of hydrogen-bond donors (Lipinski definition) is 0. The molecule has 0 aliphatic rings. The average molecular weight is 431 g/mol. The third kappa shape index (κ3) is 4.60. The number of carbonyl (C=O) groups excluding carboxylic acids is 1. The summed E-state index contributed by atoms with van der Waals surface area (Å²) in [5.74, 6) is 0.828. The van der Waals surface area contributed by atoms with Gasteiger partial charge in [0.2, 0.25) is 0 Å². The molecule has 1 heterocycles. The van der Waals surface area contributed by atoms with Crippen molar-refractivity contribution in [1.82, 2.24) is 0 Å². The summed E-state index contributed by atoms with van der Waals surface area (Å²) in [6.07, 6.45) is 0. The predicted octanol–water partition coefficient (Wildman–Crippen LogP) is 6.86. The van der Waals surface area contributed by atoms with Gasteiger partial charge in [-0.3, -0.25) is 0 Å². The number of ether oxygens (including phenoxy) is 1. The molecule has 0 unspecified atom stereocenters. The number of fused-ring (bicyclic) bond motifs is 1. The summed E-state index contributed by atoms with van der Waals surface area (Å²) in [6, 6.07) is 34.1. The lowest BCUT2D eigenvalue weighted by Gasteiger charge is -2.07. The maximum atomic E-state index is 12.3. The number of hydrogen-bond acceptors (Lipinski definition) is 4. The minimum atomic E-state index is -0.390. The molecule has 0 saturated carbocycles. The van der Waals surface area contributed by atoms with E-state index in [1.54, 1.807) is 36.4 Å². The molecule has 0 atom stereocenters. The molecule has 5 aromatic rings. The predicted molar refractivity (Wildman–Crippen MR) is 129 cm³/mol. The molecule has 5 rings (SSSR count). The Morgan fingerprint density at radius 3 is 2.21 bits per heavy atom. The Kier molecular flexibility index (Phi) is 5.56. The monoisotopic (exact) mass is 431 g/mol. The third-order valence-corrected chi connectivity index (χ3v) is 5.26. The van der Waals surface area contributed by atoms with Crippen LogP contribution in [0.2, 0.25) is 0 Å². The average Bonchev–Trinajstić information content (AvgIpc) is 2.86. The third-order valence-electron chi connectivity index (χ3n) is 5.26. The van der Waals surface area contributed by atoms with Crippen LogP contribution in [0.3, 0.4) is 0 Å². The molecule has 160 valence electrons. The van der Waals surface area contributed by atoms with Crippen molar-refractivity contribution >= 4 is 22.6 Å². The molecule has 0 radical (unpaired) electrons. The molecular formula is C29H21NO3. The molecule has 0 fully saturated rings. The van der Waals surface area contributed by atoms with Crippen LogP contribution in [0.25, 0.3) is 22.3 Å². The van der Waals surface area contributed by atoms with E-state index in [-0.39, 0.29) is 5.97 Å². The Morgan fingerprint density at radius 1 is 0.788 bits per heavy atom. The lowest BCUT2D eigenvalue weighted by molar-refractivity contribution is 0.0735. The van der Waals surface area contributed by atoms with Crippen LogP contribution in [0.15, 0.2) is 119 Å². The Balaban J connectivity index is 1.51. The fourth-order valence-electron chi connectivity index (χ4n) is 3.59. The summed E-state index contributed by atoms with van der Waals surface area (Å²) < 4.78 is 11.6.